The van der Waals surface area contributed by atoms with E-state index >= 15 is 0 Å². The van der Waals surface area contributed by atoms with Gasteiger partial charge in [0.25, 0.3) is 0 Å². The molecular formula is C12H20N2O2S. The first-order valence-corrected chi connectivity index (χ1v) is 7.21. The summed E-state index contributed by atoms with van der Waals surface area (Å²) >= 11 is 0. The van der Waals surface area contributed by atoms with Crippen LogP contribution < -0.4 is 5.73 Å². The van der Waals surface area contributed by atoms with E-state index in [1.54, 1.807) is 26.0 Å². The first-order chi connectivity index (χ1) is 7.87. The van der Waals surface area contributed by atoms with Crippen LogP contribution in [0, 0.1) is 0 Å². The number of hydrogen-bond acceptors (Lipinski definition) is 3. The van der Waals surface area contributed by atoms with E-state index in [0.29, 0.717) is 18.8 Å². The highest BCUT2D eigenvalue weighted by Gasteiger charge is 2.24. The molecule has 0 saturated carbocycles. The Balaban J connectivity index is 2.92. The average molecular weight is 256 g/mol. The maximum absolute atomic E-state index is 12.0. The molecule has 0 fully saturated rings. The van der Waals surface area contributed by atoms with Gasteiger partial charge in [-0.15, -0.1) is 0 Å². The number of nitrogen functional groups attached to an aromatic ring is 1. The summed E-state index contributed by atoms with van der Waals surface area (Å²) < 4.78 is 25.6. The molecule has 4 nitrogen and oxygen atoms in total. The predicted molar refractivity (Wildman–Crippen MR) is 71.0 cm³/mol. The van der Waals surface area contributed by atoms with Gasteiger partial charge in [-0.1, -0.05) is 19.1 Å². The fourth-order valence-electron chi connectivity index (χ4n) is 1.57. The summed E-state index contributed by atoms with van der Waals surface area (Å²) in [6.07, 6.45) is 0. The van der Waals surface area contributed by atoms with E-state index in [9.17, 15) is 8.42 Å². The summed E-state index contributed by atoms with van der Waals surface area (Å²) in [5, 5.41) is -0.400. The first-order valence-electron chi connectivity index (χ1n) is 5.71. The summed E-state index contributed by atoms with van der Waals surface area (Å²) in [7, 11) is -3.21. The minimum Gasteiger partial charge on any atom is -0.399 e. The second kappa shape index (κ2) is 5.51. The van der Waals surface area contributed by atoms with Crippen LogP contribution in [0.1, 0.15) is 26.3 Å². The standard InChI is InChI=1S/C12H20N2O2S/c1-4-14(17(15,16)10(2)3)9-11-6-5-7-12(13)8-11/h5-8,10H,4,9,13H2,1-3H3. The van der Waals surface area contributed by atoms with Crippen molar-refractivity contribution in [3.63, 3.8) is 0 Å². The van der Waals surface area contributed by atoms with Crippen LogP contribution >= 0.6 is 0 Å². The van der Waals surface area contributed by atoms with E-state index < -0.39 is 15.3 Å². The van der Waals surface area contributed by atoms with Crippen molar-refractivity contribution in [2.24, 2.45) is 0 Å². The monoisotopic (exact) mass is 256 g/mol. The average Bonchev–Trinajstić information content (AvgIpc) is 2.25. The lowest BCUT2D eigenvalue weighted by Gasteiger charge is -2.22. The molecule has 1 rings (SSSR count). The van der Waals surface area contributed by atoms with Gasteiger partial charge < -0.3 is 5.73 Å². The number of nitrogens with two attached hydrogens (primary N) is 1. The van der Waals surface area contributed by atoms with Crippen LogP contribution in [0.15, 0.2) is 24.3 Å². The van der Waals surface area contributed by atoms with Crippen LogP contribution in [0.4, 0.5) is 5.69 Å². The van der Waals surface area contributed by atoms with Gasteiger partial charge in [0.05, 0.1) is 5.25 Å². The molecule has 0 spiro atoms. The Bertz CT molecular complexity index is 469. The van der Waals surface area contributed by atoms with Crippen molar-refractivity contribution in [1.82, 2.24) is 4.31 Å². The predicted octanol–water partition coefficient (Wildman–Crippen LogP) is 1.83. The quantitative estimate of drug-likeness (QED) is 0.817. The van der Waals surface area contributed by atoms with Crippen LogP contribution in [0.5, 0.6) is 0 Å². The van der Waals surface area contributed by atoms with Crippen molar-refractivity contribution in [3.05, 3.63) is 29.8 Å². The lowest BCUT2D eigenvalue weighted by molar-refractivity contribution is 0.418. The number of nitrogens with zero attached hydrogens (tertiary/aromatic N) is 1. The van der Waals surface area contributed by atoms with Gasteiger partial charge in [0.15, 0.2) is 0 Å². The van der Waals surface area contributed by atoms with Gasteiger partial charge in [0, 0.05) is 18.8 Å². The highest BCUT2D eigenvalue weighted by molar-refractivity contribution is 7.89. The van der Waals surface area contributed by atoms with Crippen LogP contribution in [0.2, 0.25) is 0 Å². The van der Waals surface area contributed by atoms with Gasteiger partial charge in [0.2, 0.25) is 10.0 Å². The van der Waals surface area contributed by atoms with Crippen molar-refractivity contribution in [2.75, 3.05) is 12.3 Å². The molecule has 0 amide bonds. The molecule has 0 aliphatic carbocycles. The smallest absolute Gasteiger partial charge is 0.216 e. The number of benzene rings is 1. The van der Waals surface area contributed by atoms with E-state index in [-0.39, 0.29) is 0 Å². The molecule has 96 valence electrons. The van der Waals surface area contributed by atoms with Gasteiger partial charge in [0.1, 0.15) is 0 Å². The largest absolute Gasteiger partial charge is 0.399 e. The van der Waals surface area contributed by atoms with Gasteiger partial charge in [-0.2, -0.15) is 4.31 Å². The molecular weight excluding hydrogens is 236 g/mol. The van der Waals surface area contributed by atoms with E-state index in [1.165, 1.54) is 4.31 Å². The van der Waals surface area contributed by atoms with Crippen LogP contribution in [-0.4, -0.2) is 24.5 Å². The molecule has 1 aromatic rings. The zero-order valence-corrected chi connectivity index (χ0v) is 11.4. The minimum absolute atomic E-state index is 0.377. The molecule has 0 aromatic heterocycles. The third kappa shape index (κ3) is 3.44. The molecule has 0 aliphatic rings. The van der Waals surface area contributed by atoms with Crippen LogP contribution in [0.25, 0.3) is 0 Å². The number of hydrogen-bond donors (Lipinski definition) is 1. The zero-order valence-electron chi connectivity index (χ0n) is 10.6. The lowest BCUT2D eigenvalue weighted by Crippen LogP contribution is -2.35. The molecule has 0 aliphatic heterocycles. The third-order valence-electron chi connectivity index (χ3n) is 2.62. The Morgan fingerprint density at radius 1 is 1.35 bits per heavy atom. The van der Waals surface area contributed by atoms with Gasteiger partial charge in [-0.25, -0.2) is 8.42 Å². The second-order valence-electron chi connectivity index (χ2n) is 4.26. The normalized spacial score (nSPS) is 12.3. The molecule has 0 bridgehead atoms. The van der Waals surface area contributed by atoms with E-state index in [1.807, 2.05) is 19.1 Å². The molecule has 5 heteroatoms. The summed E-state index contributed by atoms with van der Waals surface area (Å²) in [6, 6.07) is 7.31. The van der Waals surface area contributed by atoms with Crippen molar-refractivity contribution in [2.45, 2.75) is 32.6 Å². The SMILES string of the molecule is CCN(Cc1cccc(N)c1)S(=O)(=O)C(C)C. The fourth-order valence-corrected chi connectivity index (χ4v) is 2.86. The summed E-state index contributed by atoms with van der Waals surface area (Å²) in [6.45, 7) is 6.07. The van der Waals surface area contributed by atoms with Crippen LogP contribution in [-0.2, 0) is 16.6 Å². The molecule has 17 heavy (non-hydrogen) atoms. The molecule has 2 N–H and O–H groups in total. The molecule has 1 aromatic carbocycles. The summed E-state index contributed by atoms with van der Waals surface area (Å²) in [5.74, 6) is 0. The van der Waals surface area contributed by atoms with Crippen molar-refractivity contribution in [3.8, 4) is 0 Å². The topological polar surface area (TPSA) is 63.4 Å². The Kier molecular flexibility index (Phi) is 4.54. The van der Waals surface area contributed by atoms with Crippen LogP contribution in [0.3, 0.4) is 0 Å². The van der Waals surface area contributed by atoms with Gasteiger partial charge >= 0.3 is 0 Å². The number of rotatable bonds is 5. The highest BCUT2D eigenvalue weighted by atomic mass is 32.2. The fraction of sp³-hybridized carbons (Fsp3) is 0.500. The zero-order chi connectivity index (χ0) is 13.1. The molecule has 0 unspecified atom stereocenters. The Labute approximate surface area is 103 Å². The minimum atomic E-state index is -3.21. The lowest BCUT2D eigenvalue weighted by atomic mass is 10.2. The number of anilines is 1. The number of sulfonamides is 1. The Morgan fingerprint density at radius 3 is 2.47 bits per heavy atom. The Hall–Kier alpha value is -1.07. The maximum atomic E-state index is 12.0. The maximum Gasteiger partial charge on any atom is 0.216 e. The van der Waals surface area contributed by atoms with Crippen molar-refractivity contribution < 1.29 is 8.42 Å². The van der Waals surface area contributed by atoms with Gasteiger partial charge in [-0.05, 0) is 31.5 Å². The second-order valence-corrected chi connectivity index (χ2v) is 6.75. The first kappa shape index (κ1) is 14.0. The molecule has 0 radical (unpaired) electrons. The third-order valence-corrected chi connectivity index (χ3v) is 4.92. The molecule has 0 atom stereocenters. The van der Waals surface area contributed by atoms with Crippen molar-refractivity contribution >= 4 is 15.7 Å². The van der Waals surface area contributed by atoms with Gasteiger partial charge in [-0.3, -0.25) is 0 Å². The van der Waals surface area contributed by atoms with E-state index in [2.05, 4.69) is 0 Å². The molecule has 0 heterocycles. The van der Waals surface area contributed by atoms with Crippen molar-refractivity contribution in [1.29, 1.82) is 0 Å². The Morgan fingerprint density at radius 2 is 2.00 bits per heavy atom. The van der Waals surface area contributed by atoms with E-state index in [4.69, 9.17) is 5.73 Å². The summed E-state index contributed by atoms with van der Waals surface area (Å²) in [5.41, 5.74) is 7.24. The highest BCUT2D eigenvalue weighted by Crippen LogP contribution is 2.15. The van der Waals surface area contributed by atoms with E-state index in [0.717, 1.165) is 5.56 Å². The summed E-state index contributed by atoms with van der Waals surface area (Å²) in [4.78, 5) is 0. The molecule has 0 saturated heterocycles.